The Kier molecular flexibility index (Phi) is 4.25. The average Bonchev–Trinajstić information content (AvgIpc) is 2.28. The summed E-state index contributed by atoms with van der Waals surface area (Å²) in [6.45, 7) is 3.83. The molecule has 5 nitrogen and oxygen atoms in total. The average molecular weight is 256 g/mol. The molecule has 1 amide bonds. The highest BCUT2D eigenvalue weighted by Crippen LogP contribution is 2.10. The van der Waals surface area contributed by atoms with E-state index in [-0.39, 0.29) is 22.4 Å². The van der Waals surface area contributed by atoms with Crippen molar-refractivity contribution < 1.29 is 13.2 Å². The van der Waals surface area contributed by atoms with E-state index in [9.17, 15) is 13.2 Å². The van der Waals surface area contributed by atoms with Crippen LogP contribution in [0.1, 0.15) is 30.6 Å². The molecule has 0 radical (unpaired) electrons. The Balaban J connectivity index is 2.97. The third-order valence-electron chi connectivity index (χ3n) is 2.41. The second-order valence-electron chi connectivity index (χ2n) is 3.86. The van der Waals surface area contributed by atoms with Gasteiger partial charge in [0.25, 0.3) is 5.91 Å². The minimum Gasteiger partial charge on any atom is -0.350 e. The highest BCUT2D eigenvalue weighted by molar-refractivity contribution is 7.89. The van der Waals surface area contributed by atoms with Crippen molar-refractivity contribution in [2.45, 2.75) is 31.2 Å². The molecule has 1 unspecified atom stereocenters. The topological polar surface area (TPSA) is 89.3 Å². The van der Waals surface area contributed by atoms with Crippen molar-refractivity contribution in [3.05, 3.63) is 29.8 Å². The van der Waals surface area contributed by atoms with Crippen LogP contribution in [-0.2, 0) is 10.0 Å². The number of primary sulfonamides is 1. The summed E-state index contributed by atoms with van der Waals surface area (Å²) >= 11 is 0. The Bertz CT molecular complexity index is 511. The van der Waals surface area contributed by atoms with Crippen LogP contribution >= 0.6 is 0 Å². The molecule has 0 fully saturated rings. The van der Waals surface area contributed by atoms with Crippen LogP contribution in [0.4, 0.5) is 0 Å². The molecule has 3 N–H and O–H groups in total. The molecule has 17 heavy (non-hydrogen) atoms. The first-order valence-corrected chi connectivity index (χ1v) is 6.83. The summed E-state index contributed by atoms with van der Waals surface area (Å²) in [5, 5.41) is 7.74. The minimum absolute atomic E-state index is 0.0423. The molecule has 1 rings (SSSR count). The number of sulfonamides is 1. The van der Waals surface area contributed by atoms with Crippen LogP contribution in [0.15, 0.2) is 29.2 Å². The number of nitrogens with two attached hydrogens (primary N) is 1. The smallest absolute Gasteiger partial charge is 0.251 e. The molecule has 0 aromatic heterocycles. The molecule has 0 saturated heterocycles. The maximum atomic E-state index is 11.7. The maximum absolute atomic E-state index is 11.7. The SMILES string of the molecule is CCC(C)NC(=O)c1cccc(S(N)(=O)=O)c1. The molecule has 1 aromatic rings. The monoisotopic (exact) mass is 256 g/mol. The number of carbonyl (C=O) groups excluding carboxylic acids is 1. The Labute approximate surface area is 101 Å². The Morgan fingerprint density at radius 1 is 1.47 bits per heavy atom. The van der Waals surface area contributed by atoms with E-state index in [1.54, 1.807) is 6.07 Å². The molecule has 0 aliphatic carbocycles. The van der Waals surface area contributed by atoms with Crippen molar-refractivity contribution in [1.29, 1.82) is 0 Å². The van der Waals surface area contributed by atoms with Gasteiger partial charge in [-0.1, -0.05) is 13.0 Å². The van der Waals surface area contributed by atoms with Crippen molar-refractivity contribution >= 4 is 15.9 Å². The van der Waals surface area contributed by atoms with Gasteiger partial charge in [0.1, 0.15) is 0 Å². The highest BCUT2D eigenvalue weighted by atomic mass is 32.2. The van der Waals surface area contributed by atoms with E-state index in [4.69, 9.17) is 5.14 Å². The third kappa shape index (κ3) is 3.83. The van der Waals surface area contributed by atoms with Crippen molar-refractivity contribution in [3.63, 3.8) is 0 Å². The van der Waals surface area contributed by atoms with Gasteiger partial charge in [-0.25, -0.2) is 13.6 Å². The van der Waals surface area contributed by atoms with Gasteiger partial charge in [-0.3, -0.25) is 4.79 Å². The third-order valence-corrected chi connectivity index (χ3v) is 3.33. The largest absolute Gasteiger partial charge is 0.350 e. The number of carbonyl (C=O) groups is 1. The van der Waals surface area contributed by atoms with Gasteiger partial charge < -0.3 is 5.32 Å². The molecule has 0 heterocycles. The Morgan fingerprint density at radius 2 is 2.12 bits per heavy atom. The fourth-order valence-corrected chi connectivity index (χ4v) is 1.78. The molecule has 0 aliphatic heterocycles. The zero-order chi connectivity index (χ0) is 13.1. The summed E-state index contributed by atoms with van der Waals surface area (Å²) < 4.78 is 22.3. The fourth-order valence-electron chi connectivity index (χ4n) is 1.22. The van der Waals surface area contributed by atoms with Crippen LogP contribution in [0, 0.1) is 0 Å². The predicted molar refractivity (Wildman–Crippen MR) is 65.0 cm³/mol. The molecular weight excluding hydrogens is 240 g/mol. The first kappa shape index (κ1) is 13.7. The molecule has 0 aliphatic rings. The predicted octanol–water partition coefficient (Wildman–Crippen LogP) is 0.862. The van der Waals surface area contributed by atoms with Gasteiger partial charge in [-0.2, -0.15) is 0 Å². The summed E-state index contributed by atoms with van der Waals surface area (Å²) in [5.74, 6) is -0.301. The lowest BCUT2D eigenvalue weighted by Gasteiger charge is -2.11. The van der Waals surface area contributed by atoms with E-state index in [2.05, 4.69) is 5.32 Å². The zero-order valence-electron chi connectivity index (χ0n) is 9.80. The number of hydrogen-bond donors (Lipinski definition) is 2. The number of amides is 1. The van der Waals surface area contributed by atoms with Crippen molar-refractivity contribution in [1.82, 2.24) is 5.32 Å². The number of rotatable bonds is 4. The standard InChI is InChI=1S/C11H16N2O3S/c1-3-8(2)13-11(14)9-5-4-6-10(7-9)17(12,15)16/h4-8H,3H2,1-2H3,(H,13,14)(H2,12,15,16). The van der Waals surface area contributed by atoms with Crippen molar-refractivity contribution in [3.8, 4) is 0 Å². The molecule has 0 spiro atoms. The van der Waals surface area contributed by atoms with Gasteiger partial charge in [0.05, 0.1) is 4.90 Å². The van der Waals surface area contributed by atoms with Crippen molar-refractivity contribution in [2.24, 2.45) is 5.14 Å². The van der Waals surface area contributed by atoms with Crippen LogP contribution in [0.2, 0.25) is 0 Å². The molecule has 0 bridgehead atoms. The van der Waals surface area contributed by atoms with Crippen LogP contribution in [0.3, 0.4) is 0 Å². The molecule has 0 saturated carbocycles. The van der Waals surface area contributed by atoms with Crippen LogP contribution in [0.5, 0.6) is 0 Å². The van der Waals surface area contributed by atoms with E-state index < -0.39 is 10.0 Å². The Morgan fingerprint density at radius 3 is 2.65 bits per heavy atom. The summed E-state index contributed by atoms with van der Waals surface area (Å²) in [7, 11) is -3.77. The summed E-state index contributed by atoms with van der Waals surface area (Å²) in [4.78, 5) is 11.7. The first-order valence-electron chi connectivity index (χ1n) is 5.28. The molecular formula is C11H16N2O3S. The van der Waals surface area contributed by atoms with Crippen LogP contribution in [-0.4, -0.2) is 20.4 Å². The lowest BCUT2D eigenvalue weighted by atomic mass is 10.2. The summed E-state index contributed by atoms with van der Waals surface area (Å²) in [5.41, 5.74) is 0.289. The summed E-state index contributed by atoms with van der Waals surface area (Å²) in [6, 6.07) is 5.71. The van der Waals surface area contributed by atoms with Gasteiger partial charge in [0.15, 0.2) is 0 Å². The number of nitrogens with one attached hydrogen (secondary N) is 1. The zero-order valence-corrected chi connectivity index (χ0v) is 10.6. The van der Waals surface area contributed by atoms with E-state index in [1.165, 1.54) is 18.2 Å². The first-order chi connectivity index (χ1) is 7.84. The maximum Gasteiger partial charge on any atom is 0.251 e. The van der Waals surface area contributed by atoms with Gasteiger partial charge >= 0.3 is 0 Å². The highest BCUT2D eigenvalue weighted by Gasteiger charge is 2.12. The van der Waals surface area contributed by atoms with Crippen LogP contribution < -0.4 is 10.5 Å². The molecule has 1 atom stereocenters. The van der Waals surface area contributed by atoms with Gasteiger partial charge in [-0.15, -0.1) is 0 Å². The molecule has 6 heteroatoms. The van der Waals surface area contributed by atoms with Crippen molar-refractivity contribution in [2.75, 3.05) is 0 Å². The van der Waals surface area contributed by atoms with Gasteiger partial charge in [0.2, 0.25) is 10.0 Å². The molecule has 1 aromatic carbocycles. The number of benzene rings is 1. The number of hydrogen-bond acceptors (Lipinski definition) is 3. The quantitative estimate of drug-likeness (QED) is 0.837. The van der Waals surface area contributed by atoms with E-state index >= 15 is 0 Å². The molecule has 94 valence electrons. The van der Waals surface area contributed by atoms with E-state index in [1.807, 2.05) is 13.8 Å². The van der Waals surface area contributed by atoms with Gasteiger partial charge in [-0.05, 0) is 31.5 Å². The van der Waals surface area contributed by atoms with Gasteiger partial charge in [0, 0.05) is 11.6 Å². The lowest BCUT2D eigenvalue weighted by molar-refractivity contribution is 0.0939. The second-order valence-corrected chi connectivity index (χ2v) is 5.42. The van der Waals surface area contributed by atoms with Crippen LogP contribution in [0.25, 0.3) is 0 Å². The lowest BCUT2D eigenvalue weighted by Crippen LogP contribution is -2.32. The van der Waals surface area contributed by atoms with E-state index in [0.717, 1.165) is 6.42 Å². The minimum atomic E-state index is -3.77. The normalized spacial score (nSPS) is 13.1. The van der Waals surface area contributed by atoms with E-state index in [0.29, 0.717) is 0 Å². The Hall–Kier alpha value is -1.40. The second kappa shape index (κ2) is 5.29. The summed E-state index contributed by atoms with van der Waals surface area (Å²) in [6.07, 6.45) is 0.806. The fraction of sp³-hybridized carbons (Fsp3) is 0.364.